The highest BCUT2D eigenvalue weighted by Gasteiger charge is 2.36. The Bertz CT molecular complexity index is 1300. The van der Waals surface area contributed by atoms with Crippen LogP contribution in [0.15, 0.2) is 36.5 Å². The maximum atomic E-state index is 14.0. The zero-order valence-electron chi connectivity index (χ0n) is 22.8. The molecule has 2 saturated heterocycles. The minimum absolute atomic E-state index is 0.0607. The van der Waals surface area contributed by atoms with Crippen LogP contribution in [0, 0.1) is 12.7 Å². The number of rotatable bonds is 7. The number of aromatic nitrogens is 4. The maximum absolute atomic E-state index is 14.0. The van der Waals surface area contributed by atoms with Crippen molar-refractivity contribution in [2.75, 3.05) is 73.6 Å². The Morgan fingerprint density at radius 1 is 0.825 bits per heavy atom. The second kappa shape index (κ2) is 11.9. The predicted molar refractivity (Wildman–Crippen MR) is 147 cm³/mol. The minimum atomic E-state index is -4.48. The monoisotopic (exact) mass is 558 g/mol. The molecule has 2 aliphatic heterocycles. The third-order valence-corrected chi connectivity index (χ3v) is 7.47. The number of halogens is 4. The van der Waals surface area contributed by atoms with E-state index in [1.807, 2.05) is 4.90 Å². The summed E-state index contributed by atoms with van der Waals surface area (Å²) in [5.41, 5.74) is 0.445. The van der Waals surface area contributed by atoms with Crippen LogP contribution in [0.4, 0.5) is 35.3 Å². The van der Waals surface area contributed by atoms with Crippen molar-refractivity contribution >= 4 is 17.7 Å². The molecule has 0 unspecified atom stereocenters. The fraction of sp³-hybridized carbons (Fsp3) is 0.500. The molecule has 5 rings (SSSR count). The van der Waals surface area contributed by atoms with Gasteiger partial charge in [-0.05, 0) is 55.8 Å². The molecule has 2 fully saturated rings. The van der Waals surface area contributed by atoms with Crippen LogP contribution in [0.1, 0.15) is 30.9 Å². The molecule has 2 aliphatic rings. The Kier molecular flexibility index (Phi) is 8.34. The van der Waals surface area contributed by atoms with Crippen LogP contribution in [-0.2, 0) is 6.18 Å². The minimum Gasteiger partial charge on any atom is -0.353 e. The van der Waals surface area contributed by atoms with Gasteiger partial charge in [0.05, 0.1) is 5.56 Å². The first-order valence-corrected chi connectivity index (χ1v) is 13.7. The highest BCUT2D eigenvalue weighted by Crippen LogP contribution is 2.35. The topological polar surface area (TPSA) is 64.5 Å². The molecule has 0 N–H and O–H groups in total. The van der Waals surface area contributed by atoms with Gasteiger partial charge in [-0.15, -0.1) is 0 Å². The lowest BCUT2D eigenvalue weighted by Crippen LogP contribution is -2.49. The zero-order valence-corrected chi connectivity index (χ0v) is 22.8. The summed E-state index contributed by atoms with van der Waals surface area (Å²) in [6, 6.07) is 7.15. The number of hydrogen-bond acceptors (Lipinski definition) is 8. The van der Waals surface area contributed by atoms with E-state index in [2.05, 4.69) is 21.7 Å². The summed E-state index contributed by atoms with van der Waals surface area (Å²) in [5, 5.41) is 0. The van der Waals surface area contributed by atoms with Crippen LogP contribution in [0.5, 0.6) is 0 Å². The summed E-state index contributed by atoms with van der Waals surface area (Å²) < 4.78 is 54.7. The second-order valence-corrected chi connectivity index (χ2v) is 10.3. The van der Waals surface area contributed by atoms with E-state index in [9.17, 15) is 17.6 Å². The third kappa shape index (κ3) is 6.27. The van der Waals surface area contributed by atoms with E-state index in [0.29, 0.717) is 55.0 Å². The largest absolute Gasteiger partial charge is 0.419 e. The lowest BCUT2D eigenvalue weighted by molar-refractivity contribution is -0.137. The molecule has 3 aromatic rings. The number of hydrogen-bond donors (Lipinski definition) is 0. The van der Waals surface area contributed by atoms with Crippen LogP contribution in [-0.4, -0.2) is 83.7 Å². The van der Waals surface area contributed by atoms with E-state index in [4.69, 9.17) is 15.0 Å². The molecule has 40 heavy (non-hydrogen) atoms. The first-order chi connectivity index (χ1) is 19.2. The average Bonchev–Trinajstić information content (AvgIpc) is 2.97. The number of benzene rings is 1. The molecule has 0 bridgehead atoms. The molecule has 0 saturated carbocycles. The number of piperazine rings is 2. The van der Waals surface area contributed by atoms with Crippen molar-refractivity contribution in [2.24, 2.45) is 0 Å². The lowest BCUT2D eigenvalue weighted by Gasteiger charge is -2.37. The number of pyridine rings is 1. The molecule has 12 heteroatoms. The first-order valence-electron chi connectivity index (χ1n) is 13.7. The standard InChI is InChI=1S/C28H34F4N8/c1-3-4-10-37-11-13-39(14-12-37)26-34-24(21-7-8-23(29)20(2)19-21)35-27(36-26)40-17-15-38(16-18-40)25-22(28(30,31)32)6-5-9-33-25/h5-9,19H,3-4,10-18H2,1-2H3. The molecular weight excluding hydrogens is 524 g/mol. The number of nitrogens with zero attached hydrogens (tertiary/aromatic N) is 8. The Hall–Kier alpha value is -3.54. The summed E-state index contributed by atoms with van der Waals surface area (Å²) in [7, 11) is 0. The smallest absolute Gasteiger partial charge is 0.353 e. The van der Waals surface area contributed by atoms with E-state index in [0.717, 1.165) is 45.2 Å². The van der Waals surface area contributed by atoms with Crippen LogP contribution < -0.4 is 14.7 Å². The van der Waals surface area contributed by atoms with Crippen LogP contribution >= 0.6 is 0 Å². The Morgan fingerprint density at radius 2 is 1.45 bits per heavy atom. The molecule has 0 radical (unpaired) electrons. The summed E-state index contributed by atoms with van der Waals surface area (Å²) in [6.07, 6.45) is -0.776. The Morgan fingerprint density at radius 3 is 2.05 bits per heavy atom. The summed E-state index contributed by atoms with van der Waals surface area (Å²) in [4.78, 5) is 26.6. The van der Waals surface area contributed by atoms with Gasteiger partial charge >= 0.3 is 6.18 Å². The van der Waals surface area contributed by atoms with Crippen LogP contribution in [0.2, 0.25) is 0 Å². The molecule has 0 aliphatic carbocycles. The van der Waals surface area contributed by atoms with Crippen LogP contribution in [0.3, 0.4) is 0 Å². The molecular formula is C28H34F4N8. The Labute approximate surface area is 231 Å². The van der Waals surface area contributed by atoms with Gasteiger partial charge in [0, 0.05) is 64.1 Å². The molecule has 4 heterocycles. The van der Waals surface area contributed by atoms with Crippen molar-refractivity contribution in [3.63, 3.8) is 0 Å². The van der Waals surface area contributed by atoms with Crippen molar-refractivity contribution in [1.29, 1.82) is 0 Å². The normalized spacial score (nSPS) is 17.0. The van der Waals surface area contributed by atoms with E-state index < -0.39 is 11.7 Å². The Balaban J connectivity index is 1.39. The molecule has 8 nitrogen and oxygen atoms in total. The van der Waals surface area contributed by atoms with Gasteiger partial charge in [-0.1, -0.05) is 13.3 Å². The van der Waals surface area contributed by atoms with Crippen molar-refractivity contribution in [3.05, 3.63) is 53.5 Å². The van der Waals surface area contributed by atoms with E-state index in [1.54, 1.807) is 24.0 Å². The van der Waals surface area contributed by atoms with Crippen molar-refractivity contribution in [2.45, 2.75) is 32.9 Å². The molecule has 0 atom stereocenters. The van der Waals surface area contributed by atoms with E-state index in [1.165, 1.54) is 24.8 Å². The van der Waals surface area contributed by atoms with Crippen molar-refractivity contribution in [1.82, 2.24) is 24.8 Å². The van der Waals surface area contributed by atoms with Gasteiger partial charge in [0.25, 0.3) is 0 Å². The number of unbranched alkanes of at least 4 members (excludes halogenated alkanes) is 1. The van der Waals surface area contributed by atoms with Crippen LogP contribution in [0.25, 0.3) is 11.4 Å². The van der Waals surface area contributed by atoms with Crippen molar-refractivity contribution < 1.29 is 17.6 Å². The molecule has 0 amide bonds. The fourth-order valence-electron chi connectivity index (χ4n) is 5.09. The maximum Gasteiger partial charge on any atom is 0.419 e. The predicted octanol–water partition coefficient (Wildman–Crippen LogP) is 4.65. The highest BCUT2D eigenvalue weighted by atomic mass is 19.4. The van der Waals surface area contributed by atoms with Gasteiger partial charge in [-0.25, -0.2) is 9.37 Å². The summed E-state index contributed by atoms with van der Waals surface area (Å²) >= 11 is 0. The molecule has 1 aromatic carbocycles. The van der Waals surface area contributed by atoms with Gasteiger partial charge in [0.15, 0.2) is 5.82 Å². The number of alkyl halides is 3. The second-order valence-electron chi connectivity index (χ2n) is 10.3. The van der Waals surface area contributed by atoms with Crippen molar-refractivity contribution in [3.8, 4) is 11.4 Å². The number of aryl methyl sites for hydroxylation is 1. The van der Waals surface area contributed by atoms with Gasteiger partial charge in [-0.2, -0.15) is 28.1 Å². The summed E-state index contributed by atoms with van der Waals surface area (Å²) in [5.74, 6) is 1.11. The van der Waals surface area contributed by atoms with Gasteiger partial charge in [-0.3, -0.25) is 4.90 Å². The lowest BCUT2D eigenvalue weighted by atomic mass is 10.1. The SMILES string of the molecule is CCCCN1CCN(c2nc(-c3ccc(F)c(C)c3)nc(N3CCN(c4ncccc4C(F)(F)F)CC3)n2)CC1. The molecule has 2 aromatic heterocycles. The van der Waals surface area contributed by atoms with Gasteiger partial charge < -0.3 is 14.7 Å². The number of anilines is 3. The molecule has 0 spiro atoms. The highest BCUT2D eigenvalue weighted by molar-refractivity contribution is 5.60. The molecule has 214 valence electrons. The summed E-state index contributed by atoms with van der Waals surface area (Å²) in [6.45, 7) is 9.86. The zero-order chi connectivity index (χ0) is 28.3. The quantitative estimate of drug-likeness (QED) is 0.389. The van der Waals surface area contributed by atoms with Gasteiger partial charge in [0.2, 0.25) is 11.9 Å². The third-order valence-electron chi connectivity index (χ3n) is 7.47. The average molecular weight is 559 g/mol. The van der Waals surface area contributed by atoms with E-state index in [-0.39, 0.29) is 11.6 Å². The fourth-order valence-corrected chi connectivity index (χ4v) is 5.09. The van der Waals surface area contributed by atoms with Gasteiger partial charge in [0.1, 0.15) is 11.6 Å². The first kappa shape index (κ1) is 28.0. The van der Waals surface area contributed by atoms with E-state index >= 15 is 0 Å².